The number of carbonyl (C=O) groups is 1. The molecule has 5 heteroatoms. The first kappa shape index (κ1) is 24.8. The third-order valence-corrected chi connectivity index (χ3v) is 12.6. The van der Waals surface area contributed by atoms with E-state index in [0.29, 0.717) is 6.10 Å². The molecule has 0 spiro atoms. The molecule has 0 aromatic heterocycles. The minimum Gasteiger partial charge on any atom is -0.490 e. The maximum absolute atomic E-state index is 12.3. The van der Waals surface area contributed by atoms with Gasteiger partial charge in [-0.1, -0.05) is 37.8 Å². The van der Waals surface area contributed by atoms with E-state index in [4.69, 9.17) is 9.47 Å². The highest BCUT2D eigenvalue weighted by atomic mass is 28.3. The highest BCUT2D eigenvalue weighted by Crippen LogP contribution is 2.53. The summed E-state index contributed by atoms with van der Waals surface area (Å²) in [6.07, 6.45) is 11.5. The van der Waals surface area contributed by atoms with Crippen molar-refractivity contribution in [1.82, 2.24) is 5.32 Å². The highest BCUT2D eigenvalue weighted by Gasteiger charge is 2.52. The van der Waals surface area contributed by atoms with Gasteiger partial charge < -0.3 is 14.8 Å². The Balaban J connectivity index is 1.17. The number of carbonyl (C=O) groups excluding carboxylic acids is 1. The van der Waals surface area contributed by atoms with Crippen LogP contribution in [-0.2, 0) is 16.1 Å². The van der Waals surface area contributed by atoms with Crippen LogP contribution in [0.1, 0.15) is 69.8 Å². The van der Waals surface area contributed by atoms with Gasteiger partial charge in [-0.3, -0.25) is 4.79 Å². The maximum Gasteiger partial charge on any atom is 0.311 e. The molecule has 0 unspecified atom stereocenters. The van der Waals surface area contributed by atoms with Gasteiger partial charge in [0.1, 0.15) is 5.75 Å². The maximum atomic E-state index is 12.3. The molecule has 0 saturated heterocycles. The quantitative estimate of drug-likeness (QED) is 0.327. The van der Waals surface area contributed by atoms with Gasteiger partial charge in [-0.05, 0) is 104 Å². The number of hydrogen-bond acceptors (Lipinski definition) is 4. The molecule has 4 fully saturated rings. The van der Waals surface area contributed by atoms with Crippen molar-refractivity contribution in [3.05, 3.63) is 42.0 Å². The monoisotopic (exact) mass is 493 g/mol. The summed E-state index contributed by atoms with van der Waals surface area (Å²) < 4.78 is 11.5. The number of nitrogens with one attached hydrogen (secondary N) is 1. The molecule has 190 valence electrons. The fraction of sp³-hybridized carbons (Fsp3) is 0.633. The van der Waals surface area contributed by atoms with Gasteiger partial charge in [0.15, 0.2) is 0 Å². The van der Waals surface area contributed by atoms with Crippen LogP contribution in [0.3, 0.4) is 0 Å². The first-order valence-corrected chi connectivity index (χ1v) is 17.3. The van der Waals surface area contributed by atoms with Gasteiger partial charge in [-0.2, -0.15) is 0 Å². The average molecular weight is 494 g/mol. The Labute approximate surface area is 212 Å². The molecule has 1 N–H and O–H groups in total. The number of ether oxygens (including phenoxy) is 2. The summed E-state index contributed by atoms with van der Waals surface area (Å²) in [6.45, 7) is 8.39. The summed E-state index contributed by atoms with van der Waals surface area (Å²) in [5, 5.41) is 6.40. The number of fused-ring (bicyclic) bond motifs is 4. The second-order valence-electron chi connectivity index (χ2n) is 12.7. The number of benzene rings is 2. The minimum atomic E-state index is -1.03. The summed E-state index contributed by atoms with van der Waals surface area (Å²) >= 11 is 0. The van der Waals surface area contributed by atoms with Crippen molar-refractivity contribution in [3.63, 3.8) is 0 Å². The van der Waals surface area contributed by atoms with Crippen molar-refractivity contribution < 1.29 is 14.3 Å². The molecule has 4 aliphatic rings. The van der Waals surface area contributed by atoms with Crippen LogP contribution in [0.5, 0.6) is 5.75 Å². The van der Waals surface area contributed by atoms with Gasteiger partial charge in [-0.15, -0.1) is 0 Å². The zero-order chi connectivity index (χ0) is 24.7. The molecule has 4 nitrogen and oxygen atoms in total. The summed E-state index contributed by atoms with van der Waals surface area (Å²) in [4.78, 5) is 12.3. The van der Waals surface area contributed by atoms with E-state index in [-0.39, 0.29) is 16.9 Å². The SMILES string of the molecule is COC(=O)C12CCC(NCc3ccc4cc(OC5CCC([Si](C)(C)C)CC5)ccc4c3)(CC1)CC2. The molecular weight excluding hydrogens is 450 g/mol. The summed E-state index contributed by atoms with van der Waals surface area (Å²) in [5.41, 5.74) is 2.23. The third-order valence-electron chi connectivity index (χ3n) is 9.61. The molecule has 35 heavy (non-hydrogen) atoms. The van der Waals surface area contributed by atoms with Crippen molar-refractivity contribution in [2.24, 2.45) is 5.41 Å². The lowest BCUT2D eigenvalue weighted by Gasteiger charge is -2.52. The Morgan fingerprint density at radius 2 is 1.54 bits per heavy atom. The average Bonchev–Trinajstić information content (AvgIpc) is 2.88. The van der Waals surface area contributed by atoms with E-state index in [1.54, 1.807) is 0 Å². The van der Waals surface area contributed by atoms with E-state index in [1.165, 1.54) is 49.1 Å². The Morgan fingerprint density at radius 3 is 2.17 bits per heavy atom. The number of rotatable bonds is 7. The van der Waals surface area contributed by atoms with Crippen LogP contribution in [-0.4, -0.2) is 32.8 Å². The smallest absolute Gasteiger partial charge is 0.311 e. The number of hydrogen-bond donors (Lipinski definition) is 1. The van der Waals surface area contributed by atoms with Crippen LogP contribution < -0.4 is 10.1 Å². The fourth-order valence-corrected chi connectivity index (χ4v) is 9.02. The summed E-state index contributed by atoms with van der Waals surface area (Å²) in [6, 6.07) is 13.4. The summed E-state index contributed by atoms with van der Waals surface area (Å²) in [5.74, 6) is 1.01. The van der Waals surface area contributed by atoms with Gasteiger partial charge >= 0.3 is 5.97 Å². The molecule has 4 aliphatic carbocycles. The molecule has 6 rings (SSSR count). The van der Waals surface area contributed by atoms with Crippen LogP contribution in [0.4, 0.5) is 0 Å². The molecule has 4 saturated carbocycles. The van der Waals surface area contributed by atoms with E-state index >= 15 is 0 Å². The largest absolute Gasteiger partial charge is 0.490 e. The standard InChI is InChI=1S/C30H43NO3Si/c1-33-28(32)29-13-16-30(17-14-29,18-15-29)31-21-22-5-6-24-20-26(8-7-23(24)19-22)34-25-9-11-27(12-10-25)35(2,3)4/h5-8,19-20,25,27,31H,9-18,21H2,1-4H3. The van der Waals surface area contributed by atoms with Crippen molar-refractivity contribution in [3.8, 4) is 5.75 Å². The van der Waals surface area contributed by atoms with Crippen molar-refractivity contribution in [2.75, 3.05) is 7.11 Å². The lowest BCUT2D eigenvalue weighted by atomic mass is 9.57. The molecule has 2 aromatic rings. The van der Waals surface area contributed by atoms with Gasteiger partial charge in [0.25, 0.3) is 0 Å². The molecule has 2 bridgehead atoms. The molecule has 0 radical (unpaired) electrons. The van der Waals surface area contributed by atoms with E-state index in [1.807, 2.05) is 0 Å². The molecule has 0 heterocycles. The lowest BCUT2D eigenvalue weighted by molar-refractivity contribution is -0.160. The van der Waals surface area contributed by atoms with Gasteiger partial charge in [0.2, 0.25) is 0 Å². The van der Waals surface area contributed by atoms with Gasteiger partial charge in [0, 0.05) is 20.2 Å². The van der Waals surface area contributed by atoms with E-state index in [9.17, 15) is 4.79 Å². The topological polar surface area (TPSA) is 47.6 Å². The predicted octanol–water partition coefficient (Wildman–Crippen LogP) is 7.23. The van der Waals surface area contributed by atoms with Crippen LogP contribution in [0.15, 0.2) is 36.4 Å². The lowest BCUT2D eigenvalue weighted by Crippen LogP contribution is -2.56. The Hall–Kier alpha value is -1.85. The Morgan fingerprint density at radius 1 is 0.914 bits per heavy atom. The number of esters is 1. The van der Waals surface area contributed by atoms with Crippen LogP contribution >= 0.6 is 0 Å². The molecule has 0 amide bonds. The highest BCUT2D eigenvalue weighted by molar-refractivity contribution is 6.77. The number of methoxy groups -OCH3 is 1. The van der Waals surface area contributed by atoms with E-state index in [2.05, 4.69) is 61.4 Å². The normalized spacial score (nSPS) is 30.9. The fourth-order valence-electron chi connectivity index (χ4n) is 6.96. The molecule has 0 atom stereocenters. The zero-order valence-corrected chi connectivity index (χ0v) is 23.1. The third kappa shape index (κ3) is 5.17. The molecular formula is C30H43NO3Si. The minimum absolute atomic E-state index is 0.00271. The zero-order valence-electron chi connectivity index (χ0n) is 22.1. The predicted molar refractivity (Wildman–Crippen MR) is 146 cm³/mol. The summed E-state index contributed by atoms with van der Waals surface area (Å²) in [7, 11) is 0.496. The van der Waals surface area contributed by atoms with E-state index < -0.39 is 8.07 Å². The Bertz CT molecular complexity index is 1040. The first-order chi connectivity index (χ1) is 16.7. The van der Waals surface area contributed by atoms with E-state index in [0.717, 1.165) is 56.4 Å². The van der Waals surface area contributed by atoms with Crippen LogP contribution in [0, 0.1) is 5.41 Å². The van der Waals surface area contributed by atoms with Crippen LogP contribution in [0.25, 0.3) is 10.8 Å². The first-order valence-electron chi connectivity index (χ1n) is 13.7. The van der Waals surface area contributed by atoms with Gasteiger partial charge in [0.05, 0.1) is 18.6 Å². The van der Waals surface area contributed by atoms with Crippen LogP contribution in [0.2, 0.25) is 25.2 Å². The van der Waals surface area contributed by atoms with Gasteiger partial charge in [-0.25, -0.2) is 0 Å². The molecule has 0 aliphatic heterocycles. The second-order valence-corrected chi connectivity index (χ2v) is 18.3. The molecule has 2 aromatic carbocycles. The van der Waals surface area contributed by atoms with Crippen molar-refractivity contribution in [1.29, 1.82) is 0 Å². The Kier molecular flexibility index (Phi) is 6.77. The van der Waals surface area contributed by atoms with Crippen molar-refractivity contribution >= 4 is 24.8 Å². The van der Waals surface area contributed by atoms with Crippen molar-refractivity contribution in [2.45, 2.75) is 108 Å². The second kappa shape index (κ2) is 9.55.